The third-order valence-electron chi connectivity index (χ3n) is 10.8. The number of anilines is 9. The van der Waals surface area contributed by atoms with Crippen LogP contribution in [0.1, 0.15) is 0 Å². The van der Waals surface area contributed by atoms with Crippen LogP contribution in [-0.2, 0) is 0 Å². The second-order valence-electron chi connectivity index (χ2n) is 13.7. The number of benzene rings is 8. The summed E-state index contributed by atoms with van der Waals surface area (Å²) < 4.78 is 2.62. The monoisotopic (exact) mass is 693 g/mol. The summed E-state index contributed by atoms with van der Waals surface area (Å²) in [4.78, 5) is 7.43. The van der Waals surface area contributed by atoms with E-state index in [0.29, 0.717) is 0 Å². The molecule has 8 aromatic carbocycles. The molecule has 2 aliphatic heterocycles. The zero-order valence-corrected chi connectivity index (χ0v) is 29.6. The fourth-order valence-corrected chi connectivity index (χ4v) is 9.87. The van der Waals surface area contributed by atoms with Gasteiger partial charge in [0.25, 0.3) is 6.71 Å². The number of para-hydroxylation sites is 5. The molecule has 0 fully saturated rings. The molecule has 0 unspecified atom stereocenters. The Hall–Kier alpha value is -6.56. The maximum atomic E-state index is 2.55. The molecule has 1 aromatic heterocycles. The molecule has 0 N–H and O–H groups in total. The molecule has 11 rings (SSSR count). The summed E-state index contributed by atoms with van der Waals surface area (Å²) in [5.41, 5.74) is 14.4. The normalized spacial score (nSPS) is 12.8. The molecule has 0 bridgehead atoms. The Morgan fingerprint density at radius 3 is 1.64 bits per heavy atom. The van der Waals surface area contributed by atoms with Gasteiger partial charge >= 0.3 is 0 Å². The Balaban J connectivity index is 1.30. The van der Waals surface area contributed by atoms with Crippen molar-refractivity contribution in [2.75, 3.05) is 14.7 Å². The number of nitrogens with zero attached hydrogens (tertiary/aromatic N) is 3. The van der Waals surface area contributed by atoms with Gasteiger partial charge in [-0.2, -0.15) is 0 Å². The van der Waals surface area contributed by atoms with E-state index in [1.54, 1.807) is 0 Å². The van der Waals surface area contributed by atoms with E-state index in [2.05, 4.69) is 209 Å². The minimum absolute atomic E-state index is 0.0386. The third-order valence-corrected chi connectivity index (χ3v) is 12.0. The molecule has 0 saturated carbocycles. The van der Waals surface area contributed by atoms with Crippen LogP contribution in [-0.4, -0.2) is 6.71 Å². The predicted molar refractivity (Wildman–Crippen MR) is 228 cm³/mol. The summed E-state index contributed by atoms with van der Waals surface area (Å²) in [6, 6.07) is 70.8. The lowest BCUT2D eigenvalue weighted by Gasteiger charge is -2.45. The van der Waals surface area contributed by atoms with E-state index in [1.807, 2.05) is 11.3 Å². The van der Waals surface area contributed by atoms with Crippen molar-refractivity contribution in [2.24, 2.45) is 0 Å². The number of fused-ring (bicyclic) bond motifs is 8. The Labute approximate surface area is 313 Å². The smallest absolute Gasteiger partial charge is 0.252 e. The molecule has 0 radical (unpaired) electrons. The highest BCUT2D eigenvalue weighted by Gasteiger charge is 2.44. The minimum atomic E-state index is 0.0386. The summed E-state index contributed by atoms with van der Waals surface area (Å²) in [5, 5.41) is 2.61. The van der Waals surface area contributed by atoms with Crippen molar-refractivity contribution in [2.45, 2.75) is 0 Å². The van der Waals surface area contributed by atoms with E-state index < -0.39 is 0 Å². The zero-order valence-electron chi connectivity index (χ0n) is 28.8. The fraction of sp³-hybridized carbons (Fsp3) is 0. The van der Waals surface area contributed by atoms with Gasteiger partial charge in [0.2, 0.25) is 0 Å². The topological polar surface area (TPSA) is 9.72 Å². The van der Waals surface area contributed by atoms with Gasteiger partial charge in [-0.15, -0.1) is 11.3 Å². The van der Waals surface area contributed by atoms with Crippen LogP contribution in [0.3, 0.4) is 0 Å². The quantitative estimate of drug-likeness (QED) is 0.166. The second-order valence-corrected chi connectivity index (χ2v) is 14.8. The van der Waals surface area contributed by atoms with E-state index in [0.717, 1.165) is 28.4 Å². The third kappa shape index (κ3) is 4.61. The maximum Gasteiger partial charge on any atom is 0.252 e. The Morgan fingerprint density at radius 2 is 0.962 bits per heavy atom. The summed E-state index contributed by atoms with van der Waals surface area (Å²) in [6.07, 6.45) is 0. The van der Waals surface area contributed by atoms with Crippen molar-refractivity contribution < 1.29 is 0 Å². The highest BCUT2D eigenvalue weighted by molar-refractivity contribution is 7.26. The largest absolute Gasteiger partial charge is 0.311 e. The van der Waals surface area contributed by atoms with Gasteiger partial charge in [-0.25, -0.2) is 0 Å². The lowest BCUT2D eigenvalue weighted by molar-refractivity contribution is 1.23. The van der Waals surface area contributed by atoms with Crippen molar-refractivity contribution in [3.8, 4) is 0 Å². The van der Waals surface area contributed by atoms with Crippen LogP contribution in [0.5, 0.6) is 0 Å². The average Bonchev–Trinajstić information content (AvgIpc) is 3.61. The van der Waals surface area contributed by atoms with Gasteiger partial charge < -0.3 is 14.7 Å². The predicted octanol–water partition coefficient (Wildman–Crippen LogP) is 11.6. The lowest BCUT2D eigenvalue weighted by Crippen LogP contribution is -2.61. The van der Waals surface area contributed by atoms with Crippen LogP contribution >= 0.6 is 11.3 Å². The highest BCUT2D eigenvalue weighted by Crippen LogP contribution is 2.50. The summed E-state index contributed by atoms with van der Waals surface area (Å²) in [5.74, 6) is 0. The standard InChI is InChI=1S/C48H32BN3S/c1-5-17-33(18-6-1)50(34-19-7-2-8-20-34)37-31-43-46-44(32-37)52(36-23-11-4-12-24-36)47-41(30-29-39-38-25-13-16-28-45(38)53-48(39)47)49(46)40-26-14-15-27-42(40)51(43)35-21-9-3-10-22-35/h1-32H. The first-order chi connectivity index (χ1) is 26.3. The van der Waals surface area contributed by atoms with Crippen molar-refractivity contribution in [3.63, 3.8) is 0 Å². The van der Waals surface area contributed by atoms with E-state index >= 15 is 0 Å². The molecular weight excluding hydrogens is 661 g/mol. The second kappa shape index (κ2) is 12.0. The Kier molecular flexibility index (Phi) is 6.82. The van der Waals surface area contributed by atoms with E-state index in [9.17, 15) is 0 Å². The van der Waals surface area contributed by atoms with E-state index in [-0.39, 0.29) is 6.71 Å². The SMILES string of the molecule is c1ccc(N(c2ccccc2)c2cc3c4c(c2)N(c2ccccc2)c2c(ccc5c2sc2ccccc25)B4c2ccccc2N3c2ccccc2)cc1. The van der Waals surface area contributed by atoms with Crippen molar-refractivity contribution >= 4 is 106 Å². The van der Waals surface area contributed by atoms with E-state index in [1.165, 1.54) is 59.3 Å². The number of hydrogen-bond acceptors (Lipinski definition) is 4. The van der Waals surface area contributed by atoms with Crippen LogP contribution in [0.25, 0.3) is 20.2 Å². The van der Waals surface area contributed by atoms with Gasteiger partial charge in [0.1, 0.15) is 0 Å². The first-order valence-corrected chi connectivity index (χ1v) is 19.0. The Bertz CT molecular complexity index is 2760. The molecule has 3 nitrogen and oxygen atoms in total. The molecule has 0 spiro atoms. The maximum absolute atomic E-state index is 2.55. The molecular formula is C48H32BN3S. The van der Waals surface area contributed by atoms with Crippen LogP contribution < -0.4 is 31.1 Å². The van der Waals surface area contributed by atoms with Gasteiger partial charge in [-0.3, -0.25) is 0 Å². The molecule has 0 saturated heterocycles. The molecule has 3 heterocycles. The molecule has 0 amide bonds. The Morgan fingerprint density at radius 1 is 0.415 bits per heavy atom. The van der Waals surface area contributed by atoms with Crippen LogP contribution in [0, 0.1) is 0 Å². The molecule has 5 heteroatoms. The number of thiophene rings is 1. The van der Waals surface area contributed by atoms with Crippen molar-refractivity contribution in [1.82, 2.24) is 0 Å². The first kappa shape index (κ1) is 30.1. The highest BCUT2D eigenvalue weighted by atomic mass is 32.1. The van der Waals surface area contributed by atoms with Gasteiger partial charge in [-0.05, 0) is 89.2 Å². The number of hydrogen-bond donors (Lipinski definition) is 0. The molecule has 0 aliphatic carbocycles. The average molecular weight is 694 g/mol. The lowest BCUT2D eigenvalue weighted by atomic mass is 9.33. The molecule has 53 heavy (non-hydrogen) atoms. The van der Waals surface area contributed by atoms with Gasteiger partial charge in [0.05, 0.1) is 16.1 Å². The first-order valence-electron chi connectivity index (χ1n) is 18.1. The molecule has 0 atom stereocenters. The molecule has 2 aliphatic rings. The minimum Gasteiger partial charge on any atom is -0.311 e. The van der Waals surface area contributed by atoms with E-state index in [4.69, 9.17) is 0 Å². The summed E-state index contributed by atoms with van der Waals surface area (Å²) >= 11 is 1.90. The van der Waals surface area contributed by atoms with Crippen molar-refractivity contribution in [1.29, 1.82) is 0 Å². The van der Waals surface area contributed by atoms with Crippen molar-refractivity contribution in [3.05, 3.63) is 194 Å². The van der Waals surface area contributed by atoms with Crippen LogP contribution in [0.4, 0.5) is 51.2 Å². The van der Waals surface area contributed by atoms with Crippen LogP contribution in [0.2, 0.25) is 0 Å². The van der Waals surface area contributed by atoms with Gasteiger partial charge in [-0.1, -0.05) is 121 Å². The summed E-state index contributed by atoms with van der Waals surface area (Å²) in [7, 11) is 0. The van der Waals surface area contributed by atoms with Gasteiger partial charge in [0.15, 0.2) is 0 Å². The number of rotatable bonds is 5. The zero-order chi connectivity index (χ0) is 34.9. The van der Waals surface area contributed by atoms with Crippen LogP contribution in [0.15, 0.2) is 194 Å². The van der Waals surface area contributed by atoms with Gasteiger partial charge in [0, 0.05) is 55.3 Å². The fourth-order valence-electron chi connectivity index (χ4n) is 8.62. The summed E-state index contributed by atoms with van der Waals surface area (Å²) in [6.45, 7) is 0.0386. The molecule has 248 valence electrons. The molecule has 9 aromatic rings.